The van der Waals surface area contributed by atoms with E-state index in [0.29, 0.717) is 17.7 Å². The Labute approximate surface area is 112 Å². The first-order chi connectivity index (χ1) is 9.22. The van der Waals surface area contributed by atoms with Gasteiger partial charge in [0, 0.05) is 19.6 Å². The van der Waals surface area contributed by atoms with E-state index in [2.05, 4.69) is 27.9 Å². The van der Waals surface area contributed by atoms with Crippen molar-refractivity contribution in [1.29, 1.82) is 0 Å². The topological polar surface area (TPSA) is 71.8 Å². The van der Waals surface area contributed by atoms with Crippen LogP contribution >= 0.6 is 0 Å². The Morgan fingerprint density at radius 1 is 1.53 bits per heavy atom. The van der Waals surface area contributed by atoms with Gasteiger partial charge in [0.25, 0.3) is 5.91 Å². The lowest BCUT2D eigenvalue weighted by Crippen LogP contribution is -2.43. The summed E-state index contributed by atoms with van der Waals surface area (Å²) in [6.07, 6.45) is 5.48. The first kappa shape index (κ1) is 12.6. The standard InChI is InChI=1S/C13H21N5O/c1-9-2-3-10(4-9)5-15-13(19)12-8-18(17-16-12)11-6-14-7-11/h8-11,14H,2-7H2,1H3,(H,15,19). The third kappa shape index (κ3) is 2.78. The van der Waals surface area contributed by atoms with E-state index in [4.69, 9.17) is 0 Å². The van der Waals surface area contributed by atoms with Gasteiger partial charge in [-0.1, -0.05) is 18.6 Å². The number of aromatic nitrogens is 3. The lowest BCUT2D eigenvalue weighted by Gasteiger charge is -2.26. The second-order valence-corrected chi connectivity index (χ2v) is 5.89. The summed E-state index contributed by atoms with van der Waals surface area (Å²) in [7, 11) is 0. The Bertz CT molecular complexity index is 454. The summed E-state index contributed by atoms with van der Waals surface area (Å²) in [4.78, 5) is 12.0. The zero-order valence-electron chi connectivity index (χ0n) is 11.3. The Morgan fingerprint density at radius 3 is 3.00 bits per heavy atom. The maximum atomic E-state index is 12.0. The molecule has 1 aromatic rings. The van der Waals surface area contributed by atoms with Crippen molar-refractivity contribution in [3.05, 3.63) is 11.9 Å². The average Bonchev–Trinajstić information content (AvgIpc) is 2.93. The third-order valence-electron chi connectivity index (χ3n) is 4.23. The molecule has 3 rings (SSSR count). The predicted molar refractivity (Wildman–Crippen MR) is 70.8 cm³/mol. The number of nitrogens with zero attached hydrogens (tertiary/aromatic N) is 3. The highest BCUT2D eigenvalue weighted by atomic mass is 16.2. The minimum atomic E-state index is -0.0990. The van der Waals surface area contributed by atoms with Gasteiger partial charge < -0.3 is 10.6 Å². The van der Waals surface area contributed by atoms with Crippen LogP contribution < -0.4 is 10.6 Å². The Balaban J connectivity index is 1.50. The molecular formula is C13H21N5O. The average molecular weight is 263 g/mol. The largest absolute Gasteiger partial charge is 0.350 e. The van der Waals surface area contributed by atoms with E-state index >= 15 is 0 Å². The van der Waals surface area contributed by atoms with Gasteiger partial charge in [-0.2, -0.15) is 0 Å². The van der Waals surface area contributed by atoms with Crippen LogP contribution in [0.25, 0.3) is 0 Å². The third-order valence-corrected chi connectivity index (χ3v) is 4.23. The molecule has 0 aromatic carbocycles. The lowest BCUT2D eigenvalue weighted by atomic mass is 10.1. The molecule has 19 heavy (non-hydrogen) atoms. The summed E-state index contributed by atoms with van der Waals surface area (Å²) in [5.74, 6) is 1.33. The van der Waals surface area contributed by atoms with E-state index in [1.807, 2.05) is 0 Å². The van der Waals surface area contributed by atoms with Crippen LogP contribution in [-0.4, -0.2) is 40.5 Å². The van der Waals surface area contributed by atoms with Crippen LogP contribution in [0.2, 0.25) is 0 Å². The highest BCUT2D eigenvalue weighted by Crippen LogP contribution is 2.29. The van der Waals surface area contributed by atoms with Gasteiger partial charge in [-0.15, -0.1) is 5.10 Å². The molecule has 1 saturated heterocycles. The van der Waals surface area contributed by atoms with Gasteiger partial charge in [0.2, 0.25) is 0 Å². The highest BCUT2D eigenvalue weighted by molar-refractivity contribution is 5.91. The van der Waals surface area contributed by atoms with Crippen molar-refractivity contribution in [2.24, 2.45) is 11.8 Å². The van der Waals surface area contributed by atoms with E-state index in [0.717, 1.165) is 25.6 Å². The molecule has 2 atom stereocenters. The van der Waals surface area contributed by atoms with Gasteiger partial charge in [0.1, 0.15) is 0 Å². The summed E-state index contributed by atoms with van der Waals surface area (Å²) in [5.41, 5.74) is 0.429. The van der Waals surface area contributed by atoms with Crippen molar-refractivity contribution in [2.75, 3.05) is 19.6 Å². The van der Waals surface area contributed by atoms with Crippen LogP contribution in [0.15, 0.2) is 6.20 Å². The van der Waals surface area contributed by atoms with Crippen molar-refractivity contribution >= 4 is 5.91 Å². The fourth-order valence-electron chi connectivity index (χ4n) is 2.86. The Kier molecular flexibility index (Phi) is 3.50. The Morgan fingerprint density at radius 2 is 2.37 bits per heavy atom. The molecule has 1 aliphatic carbocycles. The van der Waals surface area contributed by atoms with Gasteiger partial charge >= 0.3 is 0 Å². The molecule has 2 N–H and O–H groups in total. The quantitative estimate of drug-likeness (QED) is 0.834. The van der Waals surface area contributed by atoms with Crippen LogP contribution in [0.1, 0.15) is 42.7 Å². The molecule has 1 aliphatic heterocycles. The zero-order valence-corrected chi connectivity index (χ0v) is 11.3. The van der Waals surface area contributed by atoms with Crippen molar-refractivity contribution in [1.82, 2.24) is 25.6 Å². The molecule has 1 aromatic heterocycles. The van der Waals surface area contributed by atoms with Crippen molar-refractivity contribution in [3.63, 3.8) is 0 Å². The van der Waals surface area contributed by atoms with Gasteiger partial charge in [0.05, 0.1) is 12.2 Å². The van der Waals surface area contributed by atoms with Crippen LogP contribution in [0, 0.1) is 11.8 Å². The lowest BCUT2D eigenvalue weighted by molar-refractivity contribution is 0.0942. The minimum Gasteiger partial charge on any atom is -0.350 e. The van der Waals surface area contributed by atoms with Crippen LogP contribution in [0.4, 0.5) is 0 Å². The Hall–Kier alpha value is -1.43. The van der Waals surface area contributed by atoms with E-state index < -0.39 is 0 Å². The van der Waals surface area contributed by atoms with Gasteiger partial charge in [-0.05, 0) is 24.7 Å². The summed E-state index contributed by atoms with van der Waals surface area (Å²) >= 11 is 0. The molecule has 6 nitrogen and oxygen atoms in total. The van der Waals surface area contributed by atoms with E-state index in [9.17, 15) is 4.79 Å². The van der Waals surface area contributed by atoms with Gasteiger partial charge in [0.15, 0.2) is 5.69 Å². The molecule has 0 radical (unpaired) electrons. The first-order valence-electron chi connectivity index (χ1n) is 7.13. The summed E-state index contributed by atoms with van der Waals surface area (Å²) < 4.78 is 1.78. The molecular weight excluding hydrogens is 242 g/mol. The van der Waals surface area contributed by atoms with Gasteiger partial charge in [-0.25, -0.2) is 4.68 Å². The molecule has 0 spiro atoms. The number of nitrogens with one attached hydrogen (secondary N) is 2. The minimum absolute atomic E-state index is 0.0990. The summed E-state index contributed by atoms with van der Waals surface area (Å²) in [6.45, 7) is 4.86. The fraction of sp³-hybridized carbons (Fsp3) is 0.769. The number of amides is 1. The second-order valence-electron chi connectivity index (χ2n) is 5.89. The van der Waals surface area contributed by atoms with Gasteiger partial charge in [-0.3, -0.25) is 4.79 Å². The monoisotopic (exact) mass is 263 g/mol. The molecule has 104 valence electrons. The van der Waals surface area contributed by atoms with Crippen molar-refractivity contribution < 1.29 is 4.79 Å². The van der Waals surface area contributed by atoms with Crippen LogP contribution in [-0.2, 0) is 0 Å². The molecule has 2 heterocycles. The normalized spacial score (nSPS) is 27.2. The molecule has 2 aliphatic rings. The van der Waals surface area contributed by atoms with E-state index in [1.54, 1.807) is 10.9 Å². The zero-order chi connectivity index (χ0) is 13.2. The maximum absolute atomic E-state index is 12.0. The van der Waals surface area contributed by atoms with Crippen molar-refractivity contribution in [2.45, 2.75) is 32.2 Å². The number of hydrogen-bond acceptors (Lipinski definition) is 4. The molecule has 1 saturated carbocycles. The molecule has 1 amide bonds. The predicted octanol–water partition coefficient (Wildman–Crippen LogP) is 0.588. The number of hydrogen-bond donors (Lipinski definition) is 2. The van der Waals surface area contributed by atoms with Crippen LogP contribution in [0.3, 0.4) is 0 Å². The summed E-state index contributed by atoms with van der Waals surface area (Å²) in [5, 5.41) is 14.1. The fourth-order valence-corrected chi connectivity index (χ4v) is 2.86. The van der Waals surface area contributed by atoms with Crippen LogP contribution in [0.5, 0.6) is 0 Å². The number of carbonyl (C=O) groups excluding carboxylic acids is 1. The molecule has 2 fully saturated rings. The second kappa shape index (κ2) is 5.28. The molecule has 2 unspecified atom stereocenters. The number of rotatable bonds is 4. The SMILES string of the molecule is CC1CCC(CNC(=O)c2cn(C3CNC3)nn2)C1. The van der Waals surface area contributed by atoms with E-state index in [-0.39, 0.29) is 5.91 Å². The maximum Gasteiger partial charge on any atom is 0.273 e. The van der Waals surface area contributed by atoms with E-state index in [1.165, 1.54) is 19.3 Å². The highest BCUT2D eigenvalue weighted by Gasteiger charge is 2.24. The first-order valence-corrected chi connectivity index (χ1v) is 7.13. The summed E-state index contributed by atoms with van der Waals surface area (Å²) in [6, 6.07) is 0.352. The molecule has 6 heteroatoms. The number of carbonyl (C=O) groups is 1. The molecule has 0 bridgehead atoms. The smallest absolute Gasteiger partial charge is 0.273 e. The van der Waals surface area contributed by atoms with Crippen molar-refractivity contribution in [3.8, 4) is 0 Å².